The lowest BCUT2D eigenvalue weighted by atomic mass is 9.80. The molecule has 0 aliphatic carbocycles. The number of hydrogen-bond acceptors (Lipinski definition) is 14. The highest BCUT2D eigenvalue weighted by Crippen LogP contribution is 2.50. The van der Waals surface area contributed by atoms with Crippen LogP contribution in [0.25, 0.3) is 11.1 Å². The summed E-state index contributed by atoms with van der Waals surface area (Å²) in [7, 11) is 1.67. The monoisotopic (exact) mass is 1010 g/mol. The number of nitrogens with zero attached hydrogens (tertiary/aromatic N) is 4. The molecule has 0 saturated carbocycles. The van der Waals surface area contributed by atoms with E-state index in [4.69, 9.17) is 40.7 Å². The maximum atomic E-state index is 13.8. The molecule has 0 radical (unpaired) electrons. The molecule has 68 heavy (non-hydrogen) atoms. The summed E-state index contributed by atoms with van der Waals surface area (Å²) in [5, 5.41) is 39.0. The van der Waals surface area contributed by atoms with Crippen LogP contribution in [0.2, 0.25) is 0 Å². The van der Waals surface area contributed by atoms with E-state index in [2.05, 4.69) is 38.1 Å². The van der Waals surface area contributed by atoms with Crippen LogP contribution in [-0.4, -0.2) is 88.9 Å². The first kappa shape index (κ1) is 51.9. The average molecular weight is 1010 g/mol. The quantitative estimate of drug-likeness (QED) is 0.0563. The number of aliphatic hydroxyl groups is 2. The maximum Gasteiger partial charge on any atom is 0.488 e. The van der Waals surface area contributed by atoms with Crippen LogP contribution in [0.5, 0.6) is 11.5 Å². The highest BCUT2D eigenvalue weighted by atomic mass is 79.9. The van der Waals surface area contributed by atoms with Crippen LogP contribution in [0.15, 0.2) is 111 Å². The molecule has 0 saturated heterocycles. The van der Waals surface area contributed by atoms with Gasteiger partial charge in [-0.2, -0.15) is 0 Å². The molecule has 4 aromatic carbocycles. The van der Waals surface area contributed by atoms with E-state index in [-0.39, 0.29) is 48.7 Å². The first-order valence-electron chi connectivity index (χ1n) is 21.8. The van der Waals surface area contributed by atoms with Gasteiger partial charge in [-0.3, -0.25) is 0 Å². The summed E-state index contributed by atoms with van der Waals surface area (Å²) >= 11 is 3.51. The fraction of sp³-hybridized carbons (Fsp3) is 0.375. The topological polar surface area (TPSA) is 201 Å². The number of aliphatic hydroxyl groups excluding tert-OH is 2. The number of nitrogens with two attached hydrogens (primary N) is 2. The Balaban J connectivity index is 0.000000187. The Morgan fingerprint density at radius 3 is 1.56 bits per heavy atom. The zero-order valence-electron chi connectivity index (χ0n) is 38.5. The first-order chi connectivity index (χ1) is 32.2. The van der Waals surface area contributed by atoms with Crippen LogP contribution in [0.3, 0.4) is 0 Å². The average Bonchev–Trinajstić information content (AvgIpc) is 3.73. The Hall–Kier alpha value is -5.48. The molecular weight excluding hydrogens is 955 g/mol. The van der Waals surface area contributed by atoms with Gasteiger partial charge in [0.05, 0.1) is 11.1 Å². The smallest absolute Gasteiger partial charge is 0.488 e. The summed E-state index contributed by atoms with van der Waals surface area (Å²) < 4.78 is 65.3. The third-order valence-corrected chi connectivity index (χ3v) is 12.0. The SMILES string of the molecule is CC(C)=CC(CCO)C1CC2(N=C(N)N(C)O2)c2cc(-c3ccc(F)c(F)c3)ccc2O1.CC(C)=CC(CCO)C1CC2(N=C(N)N(C)O2)c2cc(Br)ccc2O1.OB(O)c1ccc(F)c(F)c1. The Bertz CT molecular complexity index is 2580. The zero-order chi connectivity index (χ0) is 49.7. The Kier molecular flexibility index (Phi) is 16.7. The van der Waals surface area contributed by atoms with Crippen molar-refractivity contribution in [1.29, 1.82) is 0 Å². The Labute approximate surface area is 401 Å². The van der Waals surface area contributed by atoms with Gasteiger partial charge in [-0.25, -0.2) is 47.3 Å². The predicted octanol–water partition coefficient (Wildman–Crippen LogP) is 6.65. The number of aliphatic imine (C=N–C) groups is 2. The van der Waals surface area contributed by atoms with Gasteiger partial charge < -0.3 is 41.2 Å². The fourth-order valence-corrected chi connectivity index (χ4v) is 8.78. The van der Waals surface area contributed by atoms with Crippen molar-refractivity contribution in [3.05, 3.63) is 135 Å². The minimum Gasteiger partial charge on any atom is -0.489 e. The molecule has 0 amide bonds. The van der Waals surface area contributed by atoms with Crippen molar-refractivity contribution in [2.45, 2.75) is 77.0 Å². The van der Waals surface area contributed by atoms with Crippen molar-refractivity contribution < 1.29 is 57.0 Å². The molecule has 4 aliphatic rings. The van der Waals surface area contributed by atoms with Crippen molar-refractivity contribution in [2.75, 3.05) is 27.3 Å². The van der Waals surface area contributed by atoms with Crippen LogP contribution in [0.1, 0.15) is 64.5 Å². The summed E-state index contributed by atoms with van der Waals surface area (Å²) in [6.45, 7) is 8.21. The highest BCUT2D eigenvalue weighted by molar-refractivity contribution is 9.10. The number of guanidine groups is 2. The minimum absolute atomic E-state index is 0.0232. The zero-order valence-corrected chi connectivity index (χ0v) is 40.1. The van der Waals surface area contributed by atoms with Gasteiger partial charge in [0.15, 0.2) is 23.3 Å². The second kappa shape index (κ2) is 21.9. The van der Waals surface area contributed by atoms with E-state index in [1.165, 1.54) is 21.8 Å². The van der Waals surface area contributed by atoms with E-state index in [0.717, 1.165) is 51.7 Å². The number of benzene rings is 4. The second-order valence-electron chi connectivity index (χ2n) is 17.3. The summed E-state index contributed by atoms with van der Waals surface area (Å²) in [5.41, 5.74) is 15.0. The molecule has 0 aromatic heterocycles. The number of hydrogen-bond donors (Lipinski definition) is 6. The summed E-state index contributed by atoms with van der Waals surface area (Å²) in [5.74, 6) is -2.02. The fourth-order valence-electron chi connectivity index (χ4n) is 8.42. The highest BCUT2D eigenvalue weighted by Gasteiger charge is 2.51. The van der Waals surface area contributed by atoms with Gasteiger partial charge in [-0.05, 0) is 112 Å². The van der Waals surface area contributed by atoms with E-state index in [1.807, 2.05) is 52.0 Å². The van der Waals surface area contributed by atoms with Crippen molar-refractivity contribution in [2.24, 2.45) is 33.3 Å². The van der Waals surface area contributed by atoms with Crippen LogP contribution in [0, 0.1) is 35.1 Å². The molecule has 0 fully saturated rings. The van der Waals surface area contributed by atoms with E-state index in [0.29, 0.717) is 54.1 Å². The second-order valence-corrected chi connectivity index (χ2v) is 18.2. The molecular formula is C48H56BBrF4N6O8. The van der Waals surface area contributed by atoms with Gasteiger partial charge >= 0.3 is 7.12 Å². The lowest BCUT2D eigenvalue weighted by Crippen LogP contribution is -2.42. The predicted molar refractivity (Wildman–Crippen MR) is 254 cm³/mol. The van der Waals surface area contributed by atoms with Gasteiger partial charge in [0.1, 0.15) is 23.7 Å². The molecule has 0 bridgehead atoms. The molecule has 6 unspecified atom stereocenters. The van der Waals surface area contributed by atoms with Crippen molar-refractivity contribution in [1.82, 2.24) is 10.1 Å². The number of rotatable bonds is 10. The summed E-state index contributed by atoms with van der Waals surface area (Å²) in [6, 6.07) is 17.6. The van der Waals surface area contributed by atoms with Crippen molar-refractivity contribution in [3.8, 4) is 22.6 Å². The van der Waals surface area contributed by atoms with E-state index in [1.54, 1.807) is 26.2 Å². The molecule has 6 atom stereocenters. The van der Waals surface area contributed by atoms with Crippen LogP contribution >= 0.6 is 15.9 Å². The van der Waals surface area contributed by atoms with Gasteiger partial charge in [0.25, 0.3) is 0 Å². The van der Waals surface area contributed by atoms with Gasteiger partial charge in [0.2, 0.25) is 23.4 Å². The van der Waals surface area contributed by atoms with Crippen LogP contribution in [0.4, 0.5) is 17.6 Å². The van der Waals surface area contributed by atoms with Gasteiger partial charge in [-0.15, -0.1) is 0 Å². The maximum absolute atomic E-state index is 13.8. The lowest BCUT2D eigenvalue weighted by molar-refractivity contribution is -0.193. The molecule has 4 aliphatic heterocycles. The number of halogens is 5. The van der Waals surface area contributed by atoms with Crippen LogP contribution in [-0.2, 0) is 21.1 Å². The first-order valence-corrected chi connectivity index (χ1v) is 22.6. The third kappa shape index (κ3) is 11.9. The number of hydroxylamine groups is 4. The van der Waals surface area contributed by atoms with Crippen molar-refractivity contribution in [3.63, 3.8) is 0 Å². The third-order valence-electron chi connectivity index (χ3n) is 11.6. The Morgan fingerprint density at radius 2 is 1.13 bits per heavy atom. The Morgan fingerprint density at radius 1 is 0.691 bits per heavy atom. The lowest BCUT2D eigenvalue weighted by Gasteiger charge is -2.39. The largest absolute Gasteiger partial charge is 0.489 e. The summed E-state index contributed by atoms with van der Waals surface area (Å²) in [6.07, 6.45) is 5.80. The molecule has 2 spiro atoms. The van der Waals surface area contributed by atoms with E-state index >= 15 is 0 Å². The van der Waals surface area contributed by atoms with Crippen LogP contribution < -0.4 is 26.4 Å². The molecule has 4 aromatic rings. The number of allylic oxidation sites excluding steroid dienone is 2. The molecule has 20 heteroatoms. The van der Waals surface area contributed by atoms with Gasteiger partial charge in [-0.1, -0.05) is 57.4 Å². The van der Waals surface area contributed by atoms with Crippen molar-refractivity contribution >= 4 is 40.4 Å². The van der Waals surface area contributed by atoms with E-state index in [9.17, 15) is 27.8 Å². The van der Waals surface area contributed by atoms with Gasteiger partial charge in [0, 0.05) is 56.5 Å². The molecule has 8 N–H and O–H groups in total. The van der Waals surface area contributed by atoms with E-state index < -0.39 is 41.8 Å². The standard InChI is InChI=1S/C24H27F2N3O3.C18H24BrN3O3.C6H5BF2O2/c1-14(2)10-17(8-9-30)22-13-24(28-23(27)29(3)32-24)18-11-15(5-7-21(18)31-22)16-4-6-19(25)20(26)12-16;1-11(2)8-12(6-7-23)16-10-18(21-17(20)22(3)25-18)14-9-13(19)4-5-15(14)24-16;8-5-2-1-4(7(10)11)3-6(5)9/h4-7,10-12,17,22,30H,8-9,13H2,1-3H3,(H2,27,28);4-5,8-9,12,16,23H,6-7,10H2,1-3H3,(H2,20,21);1-3,10-11H. The summed E-state index contributed by atoms with van der Waals surface area (Å²) in [4.78, 5) is 21.5. The number of ether oxygens (including phenoxy) is 2. The normalized spacial score (nSPS) is 21.9. The molecule has 364 valence electrons. The minimum atomic E-state index is -1.76. The molecule has 8 rings (SSSR count). The molecule has 4 heterocycles. The molecule has 14 nitrogen and oxygen atoms in total. The number of fused-ring (bicyclic) bond motifs is 4.